The summed E-state index contributed by atoms with van der Waals surface area (Å²) in [5.74, 6) is 1.23. The van der Waals surface area contributed by atoms with E-state index in [-0.39, 0.29) is 12.1 Å². The Labute approximate surface area is 165 Å². The third kappa shape index (κ3) is 3.09. The number of nitrogens with zero attached hydrogens (tertiary/aromatic N) is 3. The number of benzene rings is 1. The van der Waals surface area contributed by atoms with Crippen molar-refractivity contribution in [3.63, 3.8) is 0 Å². The van der Waals surface area contributed by atoms with Crippen LogP contribution in [-0.2, 0) is 10.3 Å². The van der Waals surface area contributed by atoms with E-state index >= 15 is 0 Å². The topological polar surface area (TPSA) is 109 Å². The van der Waals surface area contributed by atoms with E-state index in [2.05, 4.69) is 29.0 Å². The molecule has 1 aromatic carbocycles. The molecule has 2 aliphatic carbocycles. The number of fused-ring (bicyclic) bond motifs is 3. The summed E-state index contributed by atoms with van der Waals surface area (Å²) in [6.07, 6.45) is 5.36. The summed E-state index contributed by atoms with van der Waals surface area (Å²) >= 11 is 0. The summed E-state index contributed by atoms with van der Waals surface area (Å²) in [5, 5.41) is 4.65. The normalized spacial score (nSPS) is 24.4. The van der Waals surface area contributed by atoms with Gasteiger partial charge in [0.2, 0.25) is 0 Å². The van der Waals surface area contributed by atoms with E-state index in [9.17, 15) is 0 Å². The minimum absolute atomic E-state index is 0.0860. The largest absolute Gasteiger partial charge is 0.497 e. The molecule has 1 fully saturated rings. The van der Waals surface area contributed by atoms with Crippen molar-refractivity contribution >= 4 is 11.5 Å². The monoisotopic (exact) mass is 381 g/mol. The Morgan fingerprint density at radius 3 is 2.57 bits per heavy atom. The van der Waals surface area contributed by atoms with Crippen molar-refractivity contribution in [3.8, 4) is 17.0 Å². The second-order valence-electron chi connectivity index (χ2n) is 8.10. The van der Waals surface area contributed by atoms with Crippen LogP contribution < -0.4 is 16.2 Å². The molecule has 0 saturated heterocycles. The van der Waals surface area contributed by atoms with Crippen molar-refractivity contribution in [1.29, 1.82) is 0 Å². The molecule has 0 atom stereocenters. The van der Waals surface area contributed by atoms with E-state index in [0.29, 0.717) is 5.82 Å². The summed E-state index contributed by atoms with van der Waals surface area (Å²) < 4.78 is 5.45. The smallest absolute Gasteiger partial charge is 0.131 e. The lowest BCUT2D eigenvalue weighted by molar-refractivity contribution is 0.0286. The lowest BCUT2D eigenvalue weighted by atomic mass is 9.70. The van der Waals surface area contributed by atoms with Crippen molar-refractivity contribution in [2.24, 2.45) is 10.9 Å². The van der Waals surface area contributed by atoms with Gasteiger partial charge in [0, 0.05) is 28.1 Å². The van der Waals surface area contributed by atoms with Crippen LogP contribution >= 0.6 is 0 Å². The second-order valence-corrected chi connectivity index (χ2v) is 8.10. The summed E-state index contributed by atoms with van der Waals surface area (Å²) in [5.41, 5.74) is 16.2. The highest BCUT2D eigenvalue weighted by atomic mass is 16.6. The van der Waals surface area contributed by atoms with E-state index < -0.39 is 5.41 Å². The first-order valence-electron chi connectivity index (χ1n) is 9.71. The number of oxime groups is 1. The Hall–Kier alpha value is -2.67. The molecule has 2 aliphatic rings. The van der Waals surface area contributed by atoms with Gasteiger partial charge in [-0.25, -0.2) is 9.97 Å². The van der Waals surface area contributed by atoms with Gasteiger partial charge in [0.1, 0.15) is 24.0 Å². The van der Waals surface area contributed by atoms with Gasteiger partial charge in [-0.05, 0) is 57.7 Å². The number of aromatic nitrogens is 2. The first-order chi connectivity index (χ1) is 13.4. The highest BCUT2D eigenvalue weighted by Crippen LogP contribution is 2.45. The maximum atomic E-state index is 6.26. The number of ether oxygens (including phenoxy) is 1. The molecule has 0 spiro atoms. The molecule has 148 valence electrons. The first-order valence-corrected chi connectivity index (χ1v) is 9.71. The average molecular weight is 381 g/mol. The summed E-state index contributed by atoms with van der Waals surface area (Å²) in [4.78, 5) is 14.7. The second kappa shape index (κ2) is 7.05. The number of anilines is 1. The maximum Gasteiger partial charge on any atom is 0.131 e. The van der Waals surface area contributed by atoms with Gasteiger partial charge in [-0.2, -0.15) is 0 Å². The van der Waals surface area contributed by atoms with Crippen molar-refractivity contribution in [2.75, 3.05) is 12.8 Å². The zero-order valence-electron chi connectivity index (χ0n) is 16.6. The highest BCUT2D eigenvalue weighted by Gasteiger charge is 2.41. The molecule has 0 bridgehead atoms. The van der Waals surface area contributed by atoms with Crippen molar-refractivity contribution in [3.05, 3.63) is 35.7 Å². The first kappa shape index (κ1) is 18.7. The number of nitrogen functional groups attached to an aromatic ring is 1. The third-order valence-corrected chi connectivity index (χ3v) is 5.84. The van der Waals surface area contributed by atoms with Crippen LogP contribution in [0, 0.1) is 0 Å². The zero-order valence-corrected chi connectivity index (χ0v) is 16.6. The van der Waals surface area contributed by atoms with Crippen LogP contribution in [0.4, 0.5) is 5.82 Å². The van der Waals surface area contributed by atoms with Crippen LogP contribution in [0.25, 0.3) is 11.3 Å². The van der Waals surface area contributed by atoms with Gasteiger partial charge in [0.25, 0.3) is 0 Å². The molecule has 0 aliphatic heterocycles. The SMILES string of the molecule is COc1ccc2c(c1)/C(=N\OC1CCC(N)CC1)C(C)(C)c1c(N)ncnc1-2. The van der Waals surface area contributed by atoms with E-state index in [4.69, 9.17) is 21.0 Å². The van der Waals surface area contributed by atoms with E-state index in [1.165, 1.54) is 6.33 Å². The van der Waals surface area contributed by atoms with Gasteiger partial charge in [-0.1, -0.05) is 5.16 Å². The molecular formula is C21H27N5O2. The zero-order chi connectivity index (χ0) is 19.9. The quantitative estimate of drug-likeness (QED) is 0.791. The number of rotatable bonds is 3. The number of nitrogens with two attached hydrogens (primary N) is 2. The highest BCUT2D eigenvalue weighted by molar-refractivity contribution is 6.15. The molecule has 0 amide bonds. The standard InChI is InChI=1S/C21H27N5O2/c1-21(2)17-18(24-11-25-20(17)23)15-9-8-14(27-3)10-16(15)19(21)26-28-13-6-4-12(22)5-7-13/h8-13H,4-7,22H2,1-3H3,(H2,23,24,25)/b26-19+. The average Bonchev–Trinajstić information content (AvgIpc) is 2.68. The molecule has 4 N–H and O–H groups in total. The molecule has 0 unspecified atom stereocenters. The van der Waals surface area contributed by atoms with Gasteiger partial charge >= 0.3 is 0 Å². The summed E-state index contributed by atoms with van der Waals surface area (Å²) in [6.45, 7) is 4.15. The fourth-order valence-corrected chi connectivity index (χ4v) is 4.21. The van der Waals surface area contributed by atoms with E-state index in [1.54, 1.807) is 7.11 Å². The van der Waals surface area contributed by atoms with Crippen LogP contribution in [0.15, 0.2) is 29.7 Å². The van der Waals surface area contributed by atoms with Gasteiger partial charge in [0.15, 0.2) is 0 Å². The van der Waals surface area contributed by atoms with Gasteiger partial charge in [0.05, 0.1) is 18.5 Å². The Morgan fingerprint density at radius 2 is 1.86 bits per heavy atom. The molecule has 28 heavy (non-hydrogen) atoms. The van der Waals surface area contributed by atoms with Gasteiger partial charge in [-0.3, -0.25) is 0 Å². The fraction of sp³-hybridized carbons (Fsp3) is 0.476. The predicted octanol–water partition coefficient (Wildman–Crippen LogP) is 3.02. The molecule has 7 nitrogen and oxygen atoms in total. The third-order valence-electron chi connectivity index (χ3n) is 5.84. The maximum absolute atomic E-state index is 6.26. The molecule has 1 saturated carbocycles. The Kier molecular flexibility index (Phi) is 4.71. The lowest BCUT2D eigenvalue weighted by Gasteiger charge is -2.35. The number of methoxy groups -OCH3 is 1. The number of hydrogen-bond donors (Lipinski definition) is 2. The van der Waals surface area contributed by atoms with Gasteiger partial charge < -0.3 is 21.0 Å². The van der Waals surface area contributed by atoms with Crippen molar-refractivity contribution < 1.29 is 9.57 Å². The van der Waals surface area contributed by atoms with Gasteiger partial charge in [-0.15, -0.1) is 0 Å². The predicted molar refractivity (Wildman–Crippen MR) is 109 cm³/mol. The van der Waals surface area contributed by atoms with Crippen LogP contribution in [0.1, 0.15) is 50.7 Å². The molecule has 1 heterocycles. The molecule has 0 radical (unpaired) electrons. The minimum Gasteiger partial charge on any atom is -0.497 e. The van der Waals surface area contributed by atoms with E-state index in [1.807, 2.05) is 18.2 Å². The molecular weight excluding hydrogens is 354 g/mol. The number of hydrogen-bond acceptors (Lipinski definition) is 7. The molecule has 1 aromatic heterocycles. The van der Waals surface area contributed by atoms with Crippen LogP contribution in [-0.4, -0.2) is 34.9 Å². The summed E-state index contributed by atoms with van der Waals surface area (Å²) in [6, 6.07) is 6.16. The Morgan fingerprint density at radius 1 is 1.11 bits per heavy atom. The molecule has 4 rings (SSSR count). The summed E-state index contributed by atoms with van der Waals surface area (Å²) in [7, 11) is 1.66. The van der Waals surface area contributed by atoms with Crippen LogP contribution in [0.2, 0.25) is 0 Å². The van der Waals surface area contributed by atoms with Crippen molar-refractivity contribution in [2.45, 2.75) is 57.1 Å². The fourth-order valence-electron chi connectivity index (χ4n) is 4.21. The van der Waals surface area contributed by atoms with Crippen molar-refractivity contribution in [1.82, 2.24) is 9.97 Å². The Bertz CT molecular complexity index is 917. The van der Waals surface area contributed by atoms with E-state index in [0.717, 1.165) is 59.5 Å². The minimum atomic E-state index is -0.509. The Balaban J connectivity index is 1.81. The van der Waals surface area contributed by atoms with Crippen LogP contribution in [0.3, 0.4) is 0 Å². The molecule has 2 aromatic rings. The molecule has 7 heteroatoms. The lowest BCUT2D eigenvalue weighted by Crippen LogP contribution is -2.37. The van der Waals surface area contributed by atoms with Crippen LogP contribution in [0.5, 0.6) is 5.75 Å².